The summed E-state index contributed by atoms with van der Waals surface area (Å²) in [5.74, 6) is 1.93. The quantitative estimate of drug-likeness (QED) is 0.182. The molecule has 0 aliphatic rings. The van der Waals surface area contributed by atoms with Gasteiger partial charge in [0.05, 0.1) is 0 Å². The molecule has 3 nitrogen and oxygen atoms in total. The third-order valence-corrected chi connectivity index (χ3v) is 9.29. The standard InChI is InChI=1S/C47H31N3/c1-3-14-34(15-4-1)44-31-39(38-24-22-32-12-7-9-18-36(32)28-38)26-27-43(44)40-20-11-21-41(30-40)46-48-45(35-16-5-2-6-17-35)49-47(50-46)42-25-23-33-13-8-10-19-37(33)29-42/h1-31H. The average molecular weight is 638 g/mol. The van der Waals surface area contributed by atoms with Crippen molar-refractivity contribution in [3.63, 3.8) is 0 Å². The Balaban J connectivity index is 1.18. The fourth-order valence-electron chi connectivity index (χ4n) is 6.71. The smallest absolute Gasteiger partial charge is 0.164 e. The van der Waals surface area contributed by atoms with Crippen LogP contribution in [0.4, 0.5) is 0 Å². The number of aromatic nitrogens is 3. The van der Waals surface area contributed by atoms with Crippen LogP contribution in [0.15, 0.2) is 188 Å². The monoisotopic (exact) mass is 637 g/mol. The third-order valence-electron chi connectivity index (χ3n) is 9.29. The van der Waals surface area contributed by atoms with Crippen molar-refractivity contribution in [1.29, 1.82) is 0 Å². The molecule has 0 unspecified atom stereocenters. The molecule has 9 aromatic rings. The molecule has 0 amide bonds. The van der Waals surface area contributed by atoms with Crippen molar-refractivity contribution < 1.29 is 0 Å². The number of hydrogen-bond acceptors (Lipinski definition) is 3. The van der Waals surface area contributed by atoms with E-state index in [4.69, 9.17) is 15.0 Å². The second-order valence-corrected chi connectivity index (χ2v) is 12.5. The van der Waals surface area contributed by atoms with Crippen LogP contribution in [0.3, 0.4) is 0 Å². The first-order valence-electron chi connectivity index (χ1n) is 16.9. The fraction of sp³-hybridized carbons (Fsp3) is 0. The summed E-state index contributed by atoms with van der Waals surface area (Å²) in [5.41, 5.74) is 9.80. The van der Waals surface area contributed by atoms with Gasteiger partial charge in [0, 0.05) is 16.7 Å². The summed E-state index contributed by atoms with van der Waals surface area (Å²) in [7, 11) is 0. The maximum absolute atomic E-state index is 5.08. The largest absolute Gasteiger partial charge is 0.208 e. The summed E-state index contributed by atoms with van der Waals surface area (Å²) in [5, 5.41) is 4.81. The Morgan fingerprint density at radius 3 is 1.32 bits per heavy atom. The van der Waals surface area contributed by atoms with Crippen LogP contribution in [0, 0.1) is 0 Å². The maximum Gasteiger partial charge on any atom is 0.164 e. The lowest BCUT2D eigenvalue weighted by Gasteiger charge is -2.15. The summed E-state index contributed by atoms with van der Waals surface area (Å²) in [6, 6.07) is 66.0. The van der Waals surface area contributed by atoms with E-state index in [1.165, 1.54) is 38.4 Å². The Morgan fingerprint density at radius 2 is 0.660 bits per heavy atom. The molecule has 0 radical (unpaired) electrons. The van der Waals surface area contributed by atoms with Crippen molar-refractivity contribution in [2.75, 3.05) is 0 Å². The maximum atomic E-state index is 5.08. The van der Waals surface area contributed by atoms with E-state index in [0.29, 0.717) is 17.5 Å². The summed E-state index contributed by atoms with van der Waals surface area (Å²) in [6.45, 7) is 0. The normalized spacial score (nSPS) is 11.2. The lowest BCUT2D eigenvalue weighted by molar-refractivity contribution is 1.07. The summed E-state index contributed by atoms with van der Waals surface area (Å²) in [4.78, 5) is 15.1. The van der Waals surface area contributed by atoms with Gasteiger partial charge in [0.15, 0.2) is 17.5 Å². The van der Waals surface area contributed by atoms with Gasteiger partial charge in [0.1, 0.15) is 0 Å². The van der Waals surface area contributed by atoms with Crippen molar-refractivity contribution in [1.82, 2.24) is 15.0 Å². The molecule has 50 heavy (non-hydrogen) atoms. The minimum Gasteiger partial charge on any atom is -0.208 e. The minimum atomic E-state index is 0.637. The molecule has 0 fully saturated rings. The molecule has 0 bridgehead atoms. The molecule has 0 atom stereocenters. The van der Waals surface area contributed by atoms with Gasteiger partial charge < -0.3 is 0 Å². The van der Waals surface area contributed by atoms with E-state index >= 15 is 0 Å². The van der Waals surface area contributed by atoms with E-state index < -0.39 is 0 Å². The van der Waals surface area contributed by atoms with Crippen LogP contribution in [0.25, 0.3) is 89.1 Å². The molecule has 0 aliphatic carbocycles. The predicted molar refractivity (Wildman–Crippen MR) is 207 cm³/mol. The molecule has 1 aromatic heterocycles. The first-order valence-corrected chi connectivity index (χ1v) is 16.9. The van der Waals surface area contributed by atoms with Crippen LogP contribution in [0.1, 0.15) is 0 Å². The lowest BCUT2D eigenvalue weighted by Crippen LogP contribution is -2.00. The van der Waals surface area contributed by atoms with E-state index in [-0.39, 0.29) is 0 Å². The highest BCUT2D eigenvalue weighted by atomic mass is 15.0. The molecule has 0 spiro atoms. The SMILES string of the molecule is c1ccc(-c2nc(-c3cccc(-c4ccc(-c5ccc6ccccc6c5)cc4-c4ccccc4)c3)nc(-c3ccc4ccccc4c3)n2)cc1. The summed E-state index contributed by atoms with van der Waals surface area (Å²) < 4.78 is 0. The van der Waals surface area contributed by atoms with E-state index in [1.54, 1.807) is 0 Å². The zero-order valence-corrected chi connectivity index (χ0v) is 27.2. The molecular formula is C47H31N3. The van der Waals surface area contributed by atoms with Crippen LogP contribution in [-0.4, -0.2) is 15.0 Å². The molecular weight excluding hydrogens is 607 g/mol. The summed E-state index contributed by atoms with van der Waals surface area (Å²) in [6.07, 6.45) is 0. The van der Waals surface area contributed by atoms with E-state index in [2.05, 4.69) is 158 Å². The van der Waals surface area contributed by atoms with Crippen molar-refractivity contribution in [2.24, 2.45) is 0 Å². The highest BCUT2D eigenvalue weighted by Crippen LogP contribution is 2.38. The molecule has 0 saturated heterocycles. The van der Waals surface area contributed by atoms with E-state index in [9.17, 15) is 0 Å². The lowest BCUT2D eigenvalue weighted by atomic mass is 9.90. The zero-order valence-electron chi connectivity index (χ0n) is 27.2. The van der Waals surface area contributed by atoms with Gasteiger partial charge in [-0.05, 0) is 79.2 Å². The van der Waals surface area contributed by atoms with Crippen molar-refractivity contribution in [3.8, 4) is 67.5 Å². The van der Waals surface area contributed by atoms with E-state index in [1.807, 2.05) is 30.3 Å². The van der Waals surface area contributed by atoms with E-state index in [0.717, 1.165) is 33.2 Å². The highest BCUT2D eigenvalue weighted by Gasteiger charge is 2.15. The van der Waals surface area contributed by atoms with Crippen LogP contribution < -0.4 is 0 Å². The van der Waals surface area contributed by atoms with Crippen molar-refractivity contribution in [3.05, 3.63) is 188 Å². The van der Waals surface area contributed by atoms with Crippen molar-refractivity contribution in [2.45, 2.75) is 0 Å². The van der Waals surface area contributed by atoms with Gasteiger partial charge in [0.25, 0.3) is 0 Å². The molecule has 0 aliphatic heterocycles. The number of fused-ring (bicyclic) bond motifs is 2. The van der Waals surface area contributed by atoms with Gasteiger partial charge in [-0.3, -0.25) is 0 Å². The van der Waals surface area contributed by atoms with Crippen LogP contribution in [-0.2, 0) is 0 Å². The Labute approximate surface area is 291 Å². The number of nitrogens with zero attached hydrogens (tertiary/aromatic N) is 3. The third kappa shape index (κ3) is 5.72. The first kappa shape index (κ1) is 29.4. The molecule has 8 aromatic carbocycles. The van der Waals surface area contributed by atoms with Gasteiger partial charge in [0.2, 0.25) is 0 Å². The summed E-state index contributed by atoms with van der Waals surface area (Å²) >= 11 is 0. The highest BCUT2D eigenvalue weighted by molar-refractivity contribution is 5.92. The molecule has 3 heteroatoms. The molecule has 0 N–H and O–H groups in total. The molecule has 9 rings (SSSR count). The number of benzene rings is 8. The van der Waals surface area contributed by atoms with Gasteiger partial charge >= 0.3 is 0 Å². The van der Waals surface area contributed by atoms with Gasteiger partial charge in [-0.1, -0.05) is 164 Å². The molecule has 1 heterocycles. The molecule has 234 valence electrons. The van der Waals surface area contributed by atoms with Crippen LogP contribution >= 0.6 is 0 Å². The Kier molecular flexibility index (Phi) is 7.49. The molecule has 0 saturated carbocycles. The van der Waals surface area contributed by atoms with Crippen LogP contribution in [0.5, 0.6) is 0 Å². The topological polar surface area (TPSA) is 38.7 Å². The fourth-order valence-corrected chi connectivity index (χ4v) is 6.71. The Bertz CT molecular complexity index is 2650. The van der Waals surface area contributed by atoms with Gasteiger partial charge in [-0.2, -0.15) is 0 Å². The van der Waals surface area contributed by atoms with Gasteiger partial charge in [-0.15, -0.1) is 0 Å². The van der Waals surface area contributed by atoms with Crippen LogP contribution in [0.2, 0.25) is 0 Å². The minimum absolute atomic E-state index is 0.637. The second-order valence-electron chi connectivity index (χ2n) is 12.5. The first-order chi connectivity index (χ1) is 24.7. The zero-order chi connectivity index (χ0) is 33.3. The Morgan fingerprint density at radius 1 is 0.220 bits per heavy atom. The predicted octanol–water partition coefficient (Wildman–Crippen LogP) is 12.2. The van der Waals surface area contributed by atoms with Crippen molar-refractivity contribution >= 4 is 21.5 Å². The Hall–Kier alpha value is -6.71. The number of hydrogen-bond donors (Lipinski definition) is 0. The van der Waals surface area contributed by atoms with Gasteiger partial charge in [-0.25, -0.2) is 15.0 Å². The average Bonchev–Trinajstić information content (AvgIpc) is 3.21. The number of rotatable bonds is 6. The second kappa shape index (κ2) is 12.7.